The predicted molar refractivity (Wildman–Crippen MR) is 33.5 cm³/mol. The van der Waals surface area contributed by atoms with Gasteiger partial charge in [0, 0.05) is 6.08 Å². The molecule has 1 atom stereocenters. The van der Waals surface area contributed by atoms with Crippen molar-refractivity contribution in [3.05, 3.63) is 34.9 Å². The summed E-state index contributed by atoms with van der Waals surface area (Å²) >= 11 is 0. The van der Waals surface area contributed by atoms with Gasteiger partial charge >= 0.3 is 5.85 Å². The van der Waals surface area contributed by atoms with Crippen LogP contribution in [0, 0.1) is 0 Å². The molecular formula is C7H2F3NO2. The van der Waals surface area contributed by atoms with Crippen LogP contribution in [-0.4, -0.2) is 5.85 Å². The van der Waals surface area contributed by atoms with Gasteiger partial charge in [0.25, 0.3) is 6.08 Å². The van der Waals surface area contributed by atoms with Crippen molar-refractivity contribution in [2.24, 2.45) is 0 Å². The van der Waals surface area contributed by atoms with Gasteiger partial charge in [0.05, 0.1) is 0 Å². The van der Waals surface area contributed by atoms with E-state index in [1.807, 2.05) is 0 Å². The van der Waals surface area contributed by atoms with Crippen molar-refractivity contribution in [2.75, 3.05) is 0 Å². The molecule has 0 aromatic carbocycles. The number of halogens is 3. The Morgan fingerprint density at radius 3 is 2.77 bits per heavy atom. The van der Waals surface area contributed by atoms with Gasteiger partial charge in [-0.25, -0.2) is 4.84 Å². The lowest BCUT2D eigenvalue weighted by atomic mass is 9.98. The first-order valence-corrected chi connectivity index (χ1v) is 3.46. The fourth-order valence-electron chi connectivity index (χ4n) is 1.35. The summed E-state index contributed by atoms with van der Waals surface area (Å²) in [6.45, 7) is 0. The summed E-state index contributed by atoms with van der Waals surface area (Å²) in [6, 6.07) is 0. The zero-order valence-corrected chi connectivity index (χ0v) is 6.03. The van der Waals surface area contributed by atoms with E-state index in [-0.39, 0.29) is 17.2 Å². The number of ether oxygens (including phenoxy) is 1. The summed E-state index contributed by atoms with van der Waals surface area (Å²) in [5.74, 6) is -2.39. The highest BCUT2D eigenvalue weighted by molar-refractivity contribution is 5.57. The van der Waals surface area contributed by atoms with Crippen molar-refractivity contribution in [1.82, 2.24) is 5.48 Å². The van der Waals surface area contributed by atoms with Crippen LogP contribution in [0.15, 0.2) is 34.9 Å². The highest BCUT2D eigenvalue weighted by Crippen LogP contribution is 2.53. The highest BCUT2D eigenvalue weighted by atomic mass is 19.3. The third-order valence-corrected chi connectivity index (χ3v) is 2.06. The molecule has 3 rings (SSSR count). The second kappa shape index (κ2) is 1.74. The molecule has 13 heavy (non-hydrogen) atoms. The van der Waals surface area contributed by atoms with E-state index in [9.17, 15) is 13.2 Å². The van der Waals surface area contributed by atoms with Crippen LogP contribution in [0.1, 0.15) is 0 Å². The molecule has 0 aromatic heterocycles. The molecule has 2 aliphatic heterocycles. The highest BCUT2D eigenvalue weighted by Gasteiger charge is 2.60. The van der Waals surface area contributed by atoms with Gasteiger partial charge in [0.2, 0.25) is 0 Å². The van der Waals surface area contributed by atoms with Crippen molar-refractivity contribution in [3.63, 3.8) is 0 Å². The summed E-state index contributed by atoms with van der Waals surface area (Å²) in [7, 11) is 0. The van der Waals surface area contributed by atoms with E-state index in [0.717, 1.165) is 0 Å². The van der Waals surface area contributed by atoms with Crippen LogP contribution in [0.5, 0.6) is 0 Å². The quantitative estimate of drug-likeness (QED) is 0.626. The maximum atomic E-state index is 13.5. The number of fused-ring (bicyclic) bond motifs is 1. The molecule has 1 N–H and O–H groups in total. The van der Waals surface area contributed by atoms with Gasteiger partial charge in [-0.2, -0.15) is 13.2 Å². The monoisotopic (exact) mass is 189 g/mol. The van der Waals surface area contributed by atoms with Crippen LogP contribution in [0.3, 0.4) is 0 Å². The Morgan fingerprint density at radius 2 is 2.23 bits per heavy atom. The maximum Gasteiger partial charge on any atom is 0.309 e. The van der Waals surface area contributed by atoms with E-state index in [1.54, 1.807) is 0 Å². The third kappa shape index (κ3) is 0.650. The lowest BCUT2D eigenvalue weighted by Crippen LogP contribution is -2.53. The lowest BCUT2D eigenvalue weighted by Gasteiger charge is -2.37. The van der Waals surface area contributed by atoms with Crippen molar-refractivity contribution in [3.8, 4) is 0 Å². The molecule has 3 aliphatic rings. The number of allylic oxidation sites excluding steroid dienone is 1. The van der Waals surface area contributed by atoms with Gasteiger partial charge in [-0.15, -0.1) is 0 Å². The van der Waals surface area contributed by atoms with Crippen LogP contribution in [0.4, 0.5) is 13.2 Å². The van der Waals surface area contributed by atoms with E-state index >= 15 is 0 Å². The molecule has 1 fully saturated rings. The number of alkyl halides is 1. The van der Waals surface area contributed by atoms with Crippen LogP contribution >= 0.6 is 0 Å². The summed E-state index contributed by atoms with van der Waals surface area (Å²) in [5.41, 5.74) is 1.26. The zero-order valence-electron chi connectivity index (χ0n) is 6.03. The fraction of sp³-hybridized carbons (Fsp3) is 0.143. The molecular weight excluding hydrogens is 187 g/mol. The number of hydrogen-bond donors (Lipinski definition) is 1. The van der Waals surface area contributed by atoms with E-state index in [0.29, 0.717) is 0 Å². The van der Waals surface area contributed by atoms with Crippen molar-refractivity contribution in [2.45, 2.75) is 5.85 Å². The Morgan fingerprint density at radius 1 is 1.46 bits per heavy atom. The minimum atomic E-state index is -2.53. The normalized spacial score (nSPS) is 33.5. The van der Waals surface area contributed by atoms with Crippen molar-refractivity contribution < 1.29 is 22.7 Å². The predicted octanol–water partition coefficient (Wildman–Crippen LogP) is 1.48. The summed E-state index contributed by atoms with van der Waals surface area (Å²) in [4.78, 5) is 4.26. The van der Waals surface area contributed by atoms with E-state index in [1.165, 1.54) is 6.08 Å². The Bertz CT molecular complexity index is 408. The number of rotatable bonds is 0. The molecule has 1 saturated heterocycles. The van der Waals surface area contributed by atoms with Crippen LogP contribution in [-0.2, 0) is 9.57 Å². The average Bonchev–Trinajstić information content (AvgIpc) is 2.76. The van der Waals surface area contributed by atoms with Gasteiger partial charge in [-0.1, -0.05) is 0 Å². The number of nitrogens with one attached hydrogen (secondary N) is 1. The Balaban J connectivity index is 2.19. The third-order valence-electron chi connectivity index (χ3n) is 2.06. The molecule has 2 heterocycles. The molecule has 68 valence electrons. The first kappa shape index (κ1) is 7.02. The first-order valence-electron chi connectivity index (χ1n) is 3.46. The summed E-state index contributed by atoms with van der Waals surface area (Å²) in [6.07, 6.45) is -0.828. The average molecular weight is 189 g/mol. The number of hydroxylamine groups is 1. The largest absolute Gasteiger partial charge is 0.449 e. The molecule has 0 bridgehead atoms. The second-order valence-electron chi connectivity index (χ2n) is 2.79. The van der Waals surface area contributed by atoms with E-state index in [2.05, 4.69) is 15.1 Å². The minimum absolute atomic E-state index is 0.0495. The lowest BCUT2D eigenvalue weighted by molar-refractivity contribution is -0.213. The van der Waals surface area contributed by atoms with E-state index in [4.69, 9.17) is 0 Å². The summed E-state index contributed by atoms with van der Waals surface area (Å²) < 4.78 is 42.8. The van der Waals surface area contributed by atoms with Crippen molar-refractivity contribution in [1.29, 1.82) is 0 Å². The zero-order chi connectivity index (χ0) is 9.22. The maximum absolute atomic E-state index is 13.5. The van der Waals surface area contributed by atoms with Crippen molar-refractivity contribution >= 4 is 0 Å². The van der Waals surface area contributed by atoms with Gasteiger partial charge in [-0.05, 0) is 0 Å². The van der Waals surface area contributed by atoms with Crippen LogP contribution < -0.4 is 5.48 Å². The Labute approximate surface area is 70.1 Å². The van der Waals surface area contributed by atoms with Gasteiger partial charge in [-0.3, -0.25) is 5.48 Å². The topological polar surface area (TPSA) is 33.8 Å². The van der Waals surface area contributed by atoms with Crippen LogP contribution in [0.25, 0.3) is 0 Å². The molecule has 1 unspecified atom stereocenters. The molecule has 6 heteroatoms. The molecule has 3 nitrogen and oxygen atoms in total. The SMILES string of the molecule is FC(F)=C1C2=C(C=C3NOC31F)O2. The number of hydrogen-bond acceptors (Lipinski definition) is 3. The minimum Gasteiger partial charge on any atom is -0.449 e. The second-order valence-corrected chi connectivity index (χ2v) is 2.79. The molecule has 0 saturated carbocycles. The molecule has 1 aliphatic carbocycles. The molecule has 0 radical (unpaired) electrons. The van der Waals surface area contributed by atoms with Gasteiger partial charge in [0.15, 0.2) is 11.5 Å². The smallest absolute Gasteiger partial charge is 0.309 e. The molecule has 0 amide bonds. The Hall–Kier alpha value is -1.43. The first-order chi connectivity index (χ1) is 6.13. The van der Waals surface area contributed by atoms with Crippen LogP contribution in [0.2, 0.25) is 0 Å². The fourth-order valence-corrected chi connectivity index (χ4v) is 1.35. The standard InChI is InChI=1S/C7H2F3NO2/c8-6(9)4-5-2(12-5)1-3-7(4,10)13-11-3/h1,11H. The van der Waals surface area contributed by atoms with Gasteiger partial charge < -0.3 is 4.74 Å². The Kier molecular flexibility index (Phi) is 0.941. The molecule has 0 aromatic rings. The summed E-state index contributed by atoms with van der Waals surface area (Å²) in [5, 5.41) is 0. The molecule has 0 spiro atoms. The van der Waals surface area contributed by atoms with E-state index < -0.39 is 17.5 Å². The van der Waals surface area contributed by atoms with Gasteiger partial charge in [0.1, 0.15) is 11.3 Å².